The SMILES string of the molecule is O=C(NCCC(O)c1ccsc1)C1c2ccccc2Oc2ccccc21. The first-order valence-corrected chi connectivity index (χ1v) is 9.52. The van der Waals surface area contributed by atoms with Crippen LogP contribution in [0.3, 0.4) is 0 Å². The van der Waals surface area contributed by atoms with Gasteiger partial charge < -0.3 is 15.2 Å². The molecule has 3 aromatic rings. The van der Waals surface area contributed by atoms with E-state index in [1.54, 1.807) is 11.3 Å². The molecule has 0 fully saturated rings. The molecule has 1 atom stereocenters. The van der Waals surface area contributed by atoms with Crippen LogP contribution >= 0.6 is 11.3 Å². The number of benzene rings is 2. The lowest BCUT2D eigenvalue weighted by molar-refractivity contribution is -0.121. The van der Waals surface area contributed by atoms with Crippen LogP contribution in [0.25, 0.3) is 0 Å². The summed E-state index contributed by atoms with van der Waals surface area (Å²) in [6.45, 7) is 0.414. The fourth-order valence-electron chi connectivity index (χ4n) is 3.26. The second kappa shape index (κ2) is 7.32. The molecule has 0 aliphatic carbocycles. The molecule has 132 valence electrons. The highest BCUT2D eigenvalue weighted by Gasteiger charge is 2.32. The molecule has 0 saturated carbocycles. The molecule has 1 aliphatic heterocycles. The molecule has 1 amide bonds. The van der Waals surface area contributed by atoms with Crippen LogP contribution in [-0.4, -0.2) is 17.6 Å². The molecule has 1 aromatic heterocycles. The Kier molecular flexibility index (Phi) is 4.73. The van der Waals surface area contributed by atoms with Gasteiger partial charge in [-0.05, 0) is 40.9 Å². The Morgan fingerprint density at radius 3 is 2.35 bits per heavy atom. The molecular formula is C21H19NO3S. The van der Waals surface area contributed by atoms with Crippen LogP contribution < -0.4 is 10.1 Å². The minimum Gasteiger partial charge on any atom is -0.457 e. The standard InChI is InChI=1S/C21H19NO3S/c23-17(14-10-12-26-13-14)9-11-22-21(24)20-15-5-1-3-7-18(15)25-19-8-4-2-6-16(19)20/h1-8,10,12-13,17,20,23H,9,11H2,(H,22,24). The maximum absolute atomic E-state index is 12.9. The van der Waals surface area contributed by atoms with Gasteiger partial charge in [-0.15, -0.1) is 0 Å². The maximum Gasteiger partial charge on any atom is 0.232 e. The van der Waals surface area contributed by atoms with Crippen molar-refractivity contribution in [2.45, 2.75) is 18.4 Å². The molecule has 2 aromatic carbocycles. The zero-order valence-electron chi connectivity index (χ0n) is 14.1. The monoisotopic (exact) mass is 365 g/mol. The molecule has 4 nitrogen and oxygen atoms in total. The second-order valence-corrected chi connectivity index (χ2v) is 7.04. The zero-order chi connectivity index (χ0) is 17.9. The Bertz CT molecular complexity index is 862. The third kappa shape index (κ3) is 3.23. The van der Waals surface area contributed by atoms with Gasteiger partial charge in [-0.1, -0.05) is 36.4 Å². The number of thiophene rings is 1. The van der Waals surface area contributed by atoms with Crippen LogP contribution in [0.4, 0.5) is 0 Å². The number of ether oxygens (including phenoxy) is 1. The summed E-state index contributed by atoms with van der Waals surface area (Å²) < 4.78 is 5.93. The van der Waals surface area contributed by atoms with Crippen LogP contribution in [0, 0.1) is 0 Å². The van der Waals surface area contributed by atoms with E-state index in [4.69, 9.17) is 4.74 Å². The Hall–Kier alpha value is -2.63. The van der Waals surface area contributed by atoms with Gasteiger partial charge in [0.2, 0.25) is 5.91 Å². The number of amides is 1. The van der Waals surface area contributed by atoms with E-state index in [1.807, 2.05) is 65.4 Å². The van der Waals surface area contributed by atoms with Crippen LogP contribution in [0.2, 0.25) is 0 Å². The van der Waals surface area contributed by atoms with E-state index >= 15 is 0 Å². The largest absolute Gasteiger partial charge is 0.457 e. The van der Waals surface area contributed by atoms with Crippen molar-refractivity contribution in [1.82, 2.24) is 5.32 Å². The molecule has 4 rings (SSSR count). The van der Waals surface area contributed by atoms with Gasteiger partial charge in [0.25, 0.3) is 0 Å². The van der Waals surface area contributed by atoms with Crippen LogP contribution in [0.15, 0.2) is 65.4 Å². The smallest absolute Gasteiger partial charge is 0.232 e. The van der Waals surface area contributed by atoms with E-state index in [1.165, 1.54) is 0 Å². The number of para-hydroxylation sites is 2. The Morgan fingerprint density at radius 1 is 1.08 bits per heavy atom. The van der Waals surface area contributed by atoms with Crippen molar-refractivity contribution in [2.24, 2.45) is 0 Å². The summed E-state index contributed by atoms with van der Waals surface area (Å²) in [6.07, 6.45) is -0.0783. The molecule has 1 aliphatic rings. The van der Waals surface area contributed by atoms with Gasteiger partial charge in [-0.2, -0.15) is 11.3 Å². The Balaban J connectivity index is 1.50. The molecule has 2 heterocycles. The summed E-state index contributed by atoms with van der Waals surface area (Å²) >= 11 is 1.55. The lowest BCUT2D eigenvalue weighted by Crippen LogP contribution is -2.32. The summed E-state index contributed by atoms with van der Waals surface area (Å²) in [5, 5.41) is 17.0. The third-order valence-corrected chi connectivity index (χ3v) is 5.29. The van der Waals surface area contributed by atoms with Gasteiger partial charge in [0, 0.05) is 17.7 Å². The highest BCUT2D eigenvalue weighted by molar-refractivity contribution is 7.07. The van der Waals surface area contributed by atoms with Gasteiger partial charge in [-0.3, -0.25) is 4.79 Å². The van der Waals surface area contributed by atoms with Crippen molar-refractivity contribution in [2.75, 3.05) is 6.54 Å². The maximum atomic E-state index is 12.9. The summed E-state index contributed by atoms with van der Waals surface area (Å²) in [5.74, 6) is 0.939. The average Bonchev–Trinajstić information content (AvgIpc) is 3.20. The number of hydrogen-bond acceptors (Lipinski definition) is 4. The molecule has 2 N–H and O–H groups in total. The summed E-state index contributed by atoms with van der Waals surface area (Å²) in [4.78, 5) is 12.9. The first kappa shape index (κ1) is 16.8. The summed E-state index contributed by atoms with van der Waals surface area (Å²) in [6, 6.07) is 17.1. The van der Waals surface area contributed by atoms with E-state index in [-0.39, 0.29) is 5.91 Å². The fraction of sp³-hybridized carbons (Fsp3) is 0.190. The van der Waals surface area contributed by atoms with Crippen molar-refractivity contribution in [3.05, 3.63) is 82.0 Å². The lowest BCUT2D eigenvalue weighted by Gasteiger charge is -2.27. The van der Waals surface area contributed by atoms with Crippen molar-refractivity contribution >= 4 is 17.2 Å². The second-order valence-electron chi connectivity index (χ2n) is 6.26. The minimum absolute atomic E-state index is 0.0780. The first-order chi connectivity index (χ1) is 12.7. The predicted molar refractivity (Wildman–Crippen MR) is 102 cm³/mol. The first-order valence-electron chi connectivity index (χ1n) is 8.57. The van der Waals surface area contributed by atoms with E-state index in [2.05, 4.69) is 5.32 Å². The third-order valence-electron chi connectivity index (χ3n) is 4.59. The normalized spacial score (nSPS) is 14.0. The number of nitrogens with one attached hydrogen (secondary N) is 1. The average molecular weight is 365 g/mol. The highest BCUT2D eigenvalue weighted by atomic mass is 32.1. The molecule has 0 saturated heterocycles. The number of fused-ring (bicyclic) bond motifs is 2. The van der Waals surface area contributed by atoms with Crippen molar-refractivity contribution in [3.8, 4) is 11.5 Å². The van der Waals surface area contributed by atoms with E-state index < -0.39 is 12.0 Å². The number of rotatable bonds is 5. The molecule has 5 heteroatoms. The van der Waals surface area contributed by atoms with Crippen LogP contribution in [0.1, 0.15) is 35.1 Å². The quantitative estimate of drug-likeness (QED) is 0.711. The lowest BCUT2D eigenvalue weighted by atomic mass is 9.87. The zero-order valence-corrected chi connectivity index (χ0v) is 14.9. The Morgan fingerprint density at radius 2 is 1.73 bits per heavy atom. The van der Waals surface area contributed by atoms with Gasteiger partial charge in [-0.25, -0.2) is 0 Å². The van der Waals surface area contributed by atoms with Crippen molar-refractivity contribution in [1.29, 1.82) is 0 Å². The summed E-state index contributed by atoms with van der Waals surface area (Å²) in [7, 11) is 0. The van der Waals surface area contributed by atoms with Crippen LogP contribution in [-0.2, 0) is 4.79 Å². The summed E-state index contributed by atoms with van der Waals surface area (Å²) in [5.41, 5.74) is 2.62. The van der Waals surface area contributed by atoms with Gasteiger partial charge in [0.15, 0.2) is 0 Å². The molecule has 0 spiro atoms. The van der Waals surface area contributed by atoms with Crippen molar-refractivity contribution < 1.29 is 14.6 Å². The Labute approximate surface area is 156 Å². The predicted octanol–water partition coefficient (Wildman–Crippen LogP) is 4.23. The molecule has 0 radical (unpaired) electrons. The van der Waals surface area contributed by atoms with Crippen LogP contribution in [0.5, 0.6) is 11.5 Å². The topological polar surface area (TPSA) is 58.6 Å². The van der Waals surface area contributed by atoms with Gasteiger partial charge in [0.05, 0.1) is 12.0 Å². The molecular weight excluding hydrogens is 346 g/mol. The number of aliphatic hydroxyl groups is 1. The molecule has 0 bridgehead atoms. The van der Waals surface area contributed by atoms with Crippen molar-refractivity contribution in [3.63, 3.8) is 0 Å². The molecule has 1 unspecified atom stereocenters. The van der Waals surface area contributed by atoms with Gasteiger partial charge in [0.1, 0.15) is 11.5 Å². The van der Waals surface area contributed by atoms with E-state index in [0.717, 1.165) is 16.7 Å². The van der Waals surface area contributed by atoms with E-state index in [0.29, 0.717) is 24.5 Å². The molecule has 26 heavy (non-hydrogen) atoms. The number of hydrogen-bond donors (Lipinski definition) is 2. The highest BCUT2D eigenvalue weighted by Crippen LogP contribution is 2.43. The van der Waals surface area contributed by atoms with E-state index in [9.17, 15) is 9.90 Å². The van der Waals surface area contributed by atoms with Gasteiger partial charge >= 0.3 is 0 Å². The minimum atomic E-state index is -0.559. The number of carbonyl (C=O) groups excluding carboxylic acids is 1. The number of aliphatic hydroxyl groups excluding tert-OH is 1. The number of carbonyl (C=O) groups is 1. The fourth-order valence-corrected chi connectivity index (χ4v) is 3.96.